The second kappa shape index (κ2) is 19.9. The smallest absolute Gasteiger partial charge is 0 e. The molecular formula is C7H15Y4-. The van der Waals surface area contributed by atoms with Crippen molar-refractivity contribution in [1.29, 1.82) is 0 Å². The van der Waals surface area contributed by atoms with Crippen LogP contribution >= 0.6 is 0 Å². The first-order valence-corrected chi connectivity index (χ1v) is 2.98. The van der Waals surface area contributed by atoms with Crippen LogP contribution in [0.3, 0.4) is 0 Å². The summed E-state index contributed by atoms with van der Waals surface area (Å²) in [5.41, 5.74) is 0. The normalized spacial score (nSPS) is 7.09. The molecule has 0 rings (SSSR count). The van der Waals surface area contributed by atoms with E-state index in [0.717, 1.165) is 11.8 Å². The van der Waals surface area contributed by atoms with Gasteiger partial charge in [-0.2, -0.15) is 11.8 Å². The van der Waals surface area contributed by atoms with Crippen LogP contribution in [0.15, 0.2) is 0 Å². The number of rotatable bonds is 2. The predicted molar refractivity (Wildman–Crippen MR) is 34.0 cm³/mol. The van der Waals surface area contributed by atoms with Gasteiger partial charge in [-0.05, 0) is 0 Å². The molecule has 0 aromatic rings. The third-order valence-electron chi connectivity index (χ3n) is 0.770. The summed E-state index contributed by atoms with van der Waals surface area (Å²) in [6, 6.07) is 0. The maximum Gasteiger partial charge on any atom is 0 e. The van der Waals surface area contributed by atoms with Gasteiger partial charge in [-0.3, -0.25) is 0 Å². The summed E-state index contributed by atoms with van der Waals surface area (Å²) in [5.74, 6) is 1.50. The average molecular weight is 455 g/mol. The molecule has 11 heavy (non-hydrogen) atoms. The van der Waals surface area contributed by atoms with Crippen molar-refractivity contribution in [2.24, 2.45) is 11.8 Å². The van der Waals surface area contributed by atoms with Crippen LogP contribution in [0.5, 0.6) is 0 Å². The number of hydrogen-bond acceptors (Lipinski definition) is 0. The molecule has 0 saturated heterocycles. The van der Waals surface area contributed by atoms with Crippen molar-refractivity contribution in [3.8, 4) is 0 Å². The molecule has 0 aliphatic carbocycles. The van der Waals surface area contributed by atoms with Crippen molar-refractivity contribution in [3.63, 3.8) is 0 Å². The van der Waals surface area contributed by atoms with Gasteiger partial charge in [0.15, 0.2) is 0 Å². The van der Waals surface area contributed by atoms with E-state index in [1.807, 2.05) is 0 Å². The molecule has 0 bridgehead atoms. The third-order valence-corrected chi connectivity index (χ3v) is 0.770. The molecule has 0 saturated carbocycles. The molecule has 0 aliphatic rings. The molecule has 56 valence electrons. The van der Waals surface area contributed by atoms with Crippen LogP contribution in [-0.2, 0) is 131 Å². The number of hydrogen-bond donors (Lipinski definition) is 0. The van der Waals surface area contributed by atoms with Crippen LogP contribution in [0.4, 0.5) is 0 Å². The van der Waals surface area contributed by atoms with Gasteiger partial charge in [-0.1, -0.05) is 27.7 Å². The van der Waals surface area contributed by atoms with Gasteiger partial charge in [0.25, 0.3) is 0 Å². The monoisotopic (exact) mass is 455 g/mol. The summed E-state index contributed by atoms with van der Waals surface area (Å²) >= 11 is 0. The summed E-state index contributed by atoms with van der Waals surface area (Å²) in [7, 11) is 0. The van der Waals surface area contributed by atoms with Gasteiger partial charge in [-0.25, -0.2) is 0 Å². The average Bonchev–Trinajstić information content (AvgIpc) is 1.27. The molecule has 0 aromatic carbocycles. The Morgan fingerprint density at radius 1 is 0.636 bits per heavy atom. The van der Waals surface area contributed by atoms with Crippen molar-refractivity contribution in [3.05, 3.63) is 6.42 Å². The summed E-state index contributed by atoms with van der Waals surface area (Å²) in [6.45, 7) is 8.83. The first kappa shape index (κ1) is 29.5. The van der Waals surface area contributed by atoms with Gasteiger partial charge in [0.2, 0.25) is 0 Å². The molecule has 0 nitrogen and oxygen atoms in total. The van der Waals surface area contributed by atoms with E-state index in [-0.39, 0.29) is 131 Å². The van der Waals surface area contributed by atoms with Gasteiger partial charge >= 0.3 is 0 Å². The minimum atomic E-state index is 0. The Morgan fingerprint density at radius 2 is 0.818 bits per heavy atom. The molecule has 0 amide bonds. The van der Waals surface area contributed by atoms with E-state index in [2.05, 4.69) is 34.1 Å². The molecule has 0 atom stereocenters. The zero-order valence-electron chi connectivity index (χ0n) is 8.04. The SMILES string of the molecule is CC(C)[CH-]C(C)C.[Y].[Y].[Y].[Y]. The molecule has 0 spiro atoms. The Morgan fingerprint density at radius 3 is 0.818 bits per heavy atom. The molecule has 0 fully saturated rings. The zero-order chi connectivity index (χ0) is 5.86. The van der Waals surface area contributed by atoms with E-state index < -0.39 is 0 Å². The van der Waals surface area contributed by atoms with E-state index >= 15 is 0 Å². The molecular weight excluding hydrogens is 440 g/mol. The summed E-state index contributed by atoms with van der Waals surface area (Å²) in [4.78, 5) is 0. The molecule has 0 unspecified atom stereocenters. The van der Waals surface area contributed by atoms with Crippen LogP contribution < -0.4 is 0 Å². The standard InChI is InChI=1S/C7H15.4Y/c1-6(2)5-7(3)4;;;;/h5-7H,1-4H3;;;;/q-1;;;;. The van der Waals surface area contributed by atoms with Crippen molar-refractivity contribution in [2.45, 2.75) is 27.7 Å². The van der Waals surface area contributed by atoms with Gasteiger partial charge in [0, 0.05) is 131 Å². The summed E-state index contributed by atoms with van der Waals surface area (Å²) in [6.07, 6.45) is 2.33. The maximum atomic E-state index is 2.33. The fourth-order valence-electron chi connectivity index (χ4n) is 0.770. The van der Waals surface area contributed by atoms with Crippen LogP contribution in [0, 0.1) is 18.3 Å². The molecule has 0 N–H and O–H groups in total. The molecule has 4 heteroatoms. The summed E-state index contributed by atoms with van der Waals surface area (Å²) in [5, 5.41) is 0. The van der Waals surface area contributed by atoms with Crippen LogP contribution in [-0.4, -0.2) is 0 Å². The Bertz CT molecular complexity index is 39.7. The largest absolute Gasteiger partial charge is 0.323 e. The van der Waals surface area contributed by atoms with Crippen LogP contribution in [0.25, 0.3) is 0 Å². The minimum Gasteiger partial charge on any atom is -0.323 e. The second-order valence-electron chi connectivity index (χ2n) is 2.68. The molecule has 0 aromatic heterocycles. The second-order valence-corrected chi connectivity index (χ2v) is 2.68. The van der Waals surface area contributed by atoms with Crippen molar-refractivity contribution >= 4 is 0 Å². The van der Waals surface area contributed by atoms with Crippen LogP contribution in [0.1, 0.15) is 27.7 Å². The maximum absolute atomic E-state index is 2.33. The topological polar surface area (TPSA) is 0 Å². The molecule has 0 heterocycles. The van der Waals surface area contributed by atoms with E-state index in [1.54, 1.807) is 0 Å². The van der Waals surface area contributed by atoms with Gasteiger partial charge in [0.1, 0.15) is 0 Å². The molecule has 4 radical (unpaired) electrons. The van der Waals surface area contributed by atoms with Gasteiger partial charge in [-0.15, -0.1) is 0 Å². The fourth-order valence-corrected chi connectivity index (χ4v) is 0.770. The first-order chi connectivity index (χ1) is 3.13. The summed E-state index contributed by atoms with van der Waals surface area (Å²) < 4.78 is 0. The van der Waals surface area contributed by atoms with E-state index in [1.165, 1.54) is 0 Å². The predicted octanol–water partition coefficient (Wildman–Crippen LogP) is 2.49. The minimum absolute atomic E-state index is 0. The zero-order valence-corrected chi connectivity index (χ0v) is 19.4. The van der Waals surface area contributed by atoms with E-state index in [9.17, 15) is 0 Å². The fraction of sp³-hybridized carbons (Fsp3) is 0.857. The quantitative estimate of drug-likeness (QED) is 0.563. The van der Waals surface area contributed by atoms with Crippen molar-refractivity contribution in [1.82, 2.24) is 0 Å². The first-order valence-electron chi connectivity index (χ1n) is 2.98. The Kier molecular flexibility index (Phi) is 53.4. The van der Waals surface area contributed by atoms with E-state index in [0.29, 0.717) is 0 Å². The van der Waals surface area contributed by atoms with Gasteiger partial charge in [0.05, 0.1) is 0 Å². The van der Waals surface area contributed by atoms with Crippen LogP contribution in [0.2, 0.25) is 0 Å². The van der Waals surface area contributed by atoms with E-state index in [4.69, 9.17) is 0 Å². The van der Waals surface area contributed by atoms with Crippen molar-refractivity contribution < 1.29 is 131 Å². The Labute approximate surface area is 172 Å². The van der Waals surface area contributed by atoms with Crippen molar-refractivity contribution in [2.75, 3.05) is 0 Å². The molecule has 0 aliphatic heterocycles. The van der Waals surface area contributed by atoms with Gasteiger partial charge < -0.3 is 6.42 Å². The Hall–Kier alpha value is 4.42. The Balaban J connectivity index is -0.0000000300. The third kappa shape index (κ3) is 31.4.